The molecule has 0 saturated heterocycles. The Morgan fingerprint density at radius 1 is 1.56 bits per heavy atom. The first kappa shape index (κ1) is 13.3. The van der Waals surface area contributed by atoms with Gasteiger partial charge in [0, 0.05) is 17.2 Å². The van der Waals surface area contributed by atoms with E-state index in [9.17, 15) is 18.8 Å². The number of rotatable bonds is 3. The van der Waals surface area contributed by atoms with Crippen LogP contribution in [0.1, 0.15) is 11.5 Å². The summed E-state index contributed by atoms with van der Waals surface area (Å²) in [6, 6.07) is 8.70. The third-order valence-electron chi connectivity index (χ3n) is 3.40. The van der Waals surface area contributed by atoms with Crippen molar-refractivity contribution in [2.45, 2.75) is 11.2 Å². The standard InChI is InChI=1S/C12H12ClNO3S/c1-18(16,17)11-10(12(11,6-14)7-15)8-3-2-4-9(13)5-8/h2-5,10-11,15H,7H2,1H3/t10-,11-,12+/m0/s1. The Bertz CT molecular complexity index is 622. The monoisotopic (exact) mass is 285 g/mol. The summed E-state index contributed by atoms with van der Waals surface area (Å²) in [5, 5.41) is 18.2. The normalized spacial score (nSPS) is 30.8. The highest BCUT2D eigenvalue weighted by molar-refractivity contribution is 7.91. The zero-order valence-corrected chi connectivity index (χ0v) is 11.2. The van der Waals surface area contributed by atoms with Crippen LogP contribution >= 0.6 is 11.6 Å². The van der Waals surface area contributed by atoms with E-state index in [0.29, 0.717) is 10.6 Å². The molecule has 0 heterocycles. The number of nitriles is 1. The van der Waals surface area contributed by atoms with Crippen LogP contribution in [0, 0.1) is 16.7 Å². The molecule has 1 N–H and O–H groups in total. The molecular formula is C12H12ClNO3S. The number of halogens is 1. The lowest BCUT2D eigenvalue weighted by Gasteiger charge is -2.03. The second kappa shape index (κ2) is 4.23. The molecule has 1 fully saturated rings. The lowest BCUT2D eigenvalue weighted by atomic mass is 10.0. The van der Waals surface area contributed by atoms with E-state index < -0.39 is 33.0 Å². The van der Waals surface area contributed by atoms with Crippen molar-refractivity contribution < 1.29 is 13.5 Å². The van der Waals surface area contributed by atoms with E-state index in [-0.39, 0.29) is 0 Å². The van der Waals surface area contributed by atoms with Crippen LogP contribution in [-0.4, -0.2) is 31.6 Å². The Morgan fingerprint density at radius 3 is 2.61 bits per heavy atom. The molecule has 1 aliphatic rings. The van der Waals surface area contributed by atoms with Crippen molar-refractivity contribution in [3.8, 4) is 6.07 Å². The zero-order chi connectivity index (χ0) is 13.6. The molecule has 1 aromatic rings. The molecule has 0 radical (unpaired) electrons. The molecule has 0 aliphatic heterocycles. The van der Waals surface area contributed by atoms with E-state index >= 15 is 0 Å². The Balaban J connectivity index is 2.49. The molecule has 96 valence electrons. The van der Waals surface area contributed by atoms with Gasteiger partial charge in [-0.1, -0.05) is 23.7 Å². The second-order valence-corrected chi connectivity index (χ2v) is 7.20. The van der Waals surface area contributed by atoms with Crippen LogP contribution in [-0.2, 0) is 9.84 Å². The van der Waals surface area contributed by atoms with Crippen LogP contribution < -0.4 is 0 Å². The molecule has 3 atom stereocenters. The molecule has 0 amide bonds. The van der Waals surface area contributed by atoms with Gasteiger partial charge in [0.15, 0.2) is 9.84 Å². The average Bonchev–Trinajstić information content (AvgIpc) is 2.98. The topological polar surface area (TPSA) is 78.2 Å². The molecule has 2 rings (SSSR count). The largest absolute Gasteiger partial charge is 0.395 e. The lowest BCUT2D eigenvalue weighted by molar-refractivity contribution is 0.242. The molecule has 1 aromatic carbocycles. The molecule has 0 unspecified atom stereocenters. The number of nitrogens with zero attached hydrogens (tertiary/aromatic N) is 1. The number of hydrogen-bond donors (Lipinski definition) is 1. The maximum atomic E-state index is 11.7. The van der Waals surface area contributed by atoms with Gasteiger partial charge in [-0.2, -0.15) is 5.26 Å². The predicted molar refractivity (Wildman–Crippen MR) is 68.0 cm³/mol. The first-order chi connectivity index (χ1) is 8.36. The van der Waals surface area contributed by atoms with Crippen LogP contribution in [0.5, 0.6) is 0 Å². The van der Waals surface area contributed by atoms with E-state index in [0.717, 1.165) is 6.26 Å². The number of aliphatic hydroxyl groups excluding tert-OH is 1. The van der Waals surface area contributed by atoms with Gasteiger partial charge in [0.1, 0.15) is 5.41 Å². The summed E-state index contributed by atoms with van der Waals surface area (Å²) >= 11 is 5.86. The first-order valence-corrected chi connectivity index (χ1v) is 7.66. The van der Waals surface area contributed by atoms with Crippen molar-refractivity contribution in [3.63, 3.8) is 0 Å². The predicted octanol–water partition coefficient (Wildman–Crippen LogP) is 1.35. The van der Waals surface area contributed by atoms with Crippen LogP contribution in [0.25, 0.3) is 0 Å². The maximum absolute atomic E-state index is 11.7. The number of benzene rings is 1. The van der Waals surface area contributed by atoms with Crippen molar-refractivity contribution in [3.05, 3.63) is 34.9 Å². The average molecular weight is 286 g/mol. The quantitative estimate of drug-likeness (QED) is 0.909. The van der Waals surface area contributed by atoms with Gasteiger partial charge in [-0.3, -0.25) is 0 Å². The van der Waals surface area contributed by atoms with E-state index in [1.165, 1.54) is 0 Å². The van der Waals surface area contributed by atoms with Crippen LogP contribution in [0.2, 0.25) is 5.02 Å². The highest BCUT2D eigenvalue weighted by Gasteiger charge is 2.70. The minimum absolute atomic E-state index is 0.474. The fourth-order valence-corrected chi connectivity index (χ4v) is 4.62. The first-order valence-electron chi connectivity index (χ1n) is 5.33. The molecule has 1 aliphatic carbocycles. The Hall–Kier alpha value is -1.09. The summed E-state index contributed by atoms with van der Waals surface area (Å²) in [6.07, 6.45) is 1.09. The zero-order valence-electron chi connectivity index (χ0n) is 9.67. The third-order valence-corrected chi connectivity index (χ3v) is 5.25. The van der Waals surface area contributed by atoms with Gasteiger partial charge >= 0.3 is 0 Å². The molecule has 0 aromatic heterocycles. The highest BCUT2D eigenvalue weighted by atomic mass is 35.5. The summed E-state index contributed by atoms with van der Waals surface area (Å²) in [5.74, 6) is -0.513. The van der Waals surface area contributed by atoms with E-state index in [2.05, 4.69) is 0 Å². The SMILES string of the molecule is CS(=O)(=O)[C@H]1[C@H](c2cccc(Cl)c2)[C@@]1(C#N)CO. The van der Waals surface area contributed by atoms with Crippen LogP contribution in [0.15, 0.2) is 24.3 Å². The second-order valence-electron chi connectivity index (χ2n) is 4.59. The van der Waals surface area contributed by atoms with Gasteiger partial charge in [-0.25, -0.2) is 8.42 Å². The van der Waals surface area contributed by atoms with Gasteiger partial charge in [0.05, 0.1) is 17.9 Å². The fourth-order valence-electron chi connectivity index (χ4n) is 2.56. The molecule has 6 heteroatoms. The van der Waals surface area contributed by atoms with Gasteiger partial charge in [0.25, 0.3) is 0 Å². The third kappa shape index (κ3) is 1.91. The number of hydrogen-bond acceptors (Lipinski definition) is 4. The van der Waals surface area contributed by atoms with Gasteiger partial charge in [-0.15, -0.1) is 0 Å². The van der Waals surface area contributed by atoms with Gasteiger partial charge in [-0.05, 0) is 17.7 Å². The smallest absolute Gasteiger partial charge is 0.152 e. The maximum Gasteiger partial charge on any atom is 0.152 e. The summed E-state index contributed by atoms with van der Waals surface area (Å²) in [5.41, 5.74) is -0.563. The van der Waals surface area contributed by atoms with Crippen molar-refractivity contribution in [2.75, 3.05) is 12.9 Å². The van der Waals surface area contributed by atoms with E-state index in [1.807, 2.05) is 6.07 Å². The summed E-state index contributed by atoms with van der Waals surface area (Å²) in [4.78, 5) is 0. The Labute approximate surface area is 111 Å². The summed E-state index contributed by atoms with van der Waals surface area (Å²) in [6.45, 7) is -0.474. The van der Waals surface area contributed by atoms with Gasteiger partial charge < -0.3 is 5.11 Å². The van der Waals surface area contributed by atoms with Crippen LogP contribution in [0.4, 0.5) is 0 Å². The highest BCUT2D eigenvalue weighted by Crippen LogP contribution is 2.62. The fraction of sp³-hybridized carbons (Fsp3) is 0.417. The van der Waals surface area contributed by atoms with Crippen molar-refractivity contribution in [2.24, 2.45) is 5.41 Å². The van der Waals surface area contributed by atoms with E-state index in [1.54, 1.807) is 24.3 Å². The summed E-state index contributed by atoms with van der Waals surface area (Å²) in [7, 11) is -3.40. The van der Waals surface area contributed by atoms with Crippen molar-refractivity contribution in [1.82, 2.24) is 0 Å². The minimum Gasteiger partial charge on any atom is -0.395 e. The molecule has 0 bridgehead atoms. The summed E-state index contributed by atoms with van der Waals surface area (Å²) < 4.78 is 23.4. The molecule has 0 spiro atoms. The number of sulfone groups is 1. The Kier molecular flexibility index (Phi) is 3.14. The molecule has 4 nitrogen and oxygen atoms in total. The Morgan fingerprint density at radius 2 is 2.22 bits per heavy atom. The van der Waals surface area contributed by atoms with Crippen molar-refractivity contribution in [1.29, 1.82) is 5.26 Å². The molecule has 18 heavy (non-hydrogen) atoms. The molecule has 1 saturated carbocycles. The lowest BCUT2D eigenvalue weighted by Crippen LogP contribution is -2.16. The minimum atomic E-state index is -3.40. The van der Waals surface area contributed by atoms with E-state index in [4.69, 9.17) is 11.6 Å². The van der Waals surface area contributed by atoms with Crippen molar-refractivity contribution >= 4 is 21.4 Å². The molecular weight excluding hydrogens is 274 g/mol. The van der Waals surface area contributed by atoms with Crippen LogP contribution in [0.3, 0.4) is 0 Å². The van der Waals surface area contributed by atoms with Gasteiger partial charge in [0.2, 0.25) is 0 Å². The number of aliphatic hydroxyl groups is 1.